The van der Waals surface area contributed by atoms with Crippen molar-refractivity contribution < 1.29 is 14.5 Å². The first-order valence-corrected chi connectivity index (χ1v) is 8.33. The highest BCUT2D eigenvalue weighted by Gasteiger charge is 2.35. The first kappa shape index (κ1) is 17.4. The minimum atomic E-state index is -0.515. The highest BCUT2D eigenvalue weighted by Crippen LogP contribution is 2.28. The molecule has 0 aliphatic carbocycles. The van der Waals surface area contributed by atoms with E-state index in [1.54, 1.807) is 0 Å². The Morgan fingerprint density at radius 1 is 1.43 bits per heavy atom. The van der Waals surface area contributed by atoms with Crippen LogP contribution in [0, 0.1) is 15.5 Å². The van der Waals surface area contributed by atoms with Crippen LogP contribution in [0.25, 0.3) is 0 Å². The Kier molecular flexibility index (Phi) is 5.03. The van der Waals surface area contributed by atoms with Crippen molar-refractivity contribution in [1.82, 2.24) is 10.2 Å². The first-order valence-electron chi connectivity index (χ1n) is 7.52. The Morgan fingerprint density at radius 2 is 2.13 bits per heavy atom. The van der Waals surface area contributed by atoms with Gasteiger partial charge in [-0.1, -0.05) is 32.1 Å². The van der Waals surface area contributed by atoms with Crippen LogP contribution < -0.4 is 5.32 Å². The van der Waals surface area contributed by atoms with Crippen molar-refractivity contribution in [2.45, 2.75) is 39.7 Å². The minimum absolute atomic E-state index is 0.0303. The number of amides is 2. The predicted molar refractivity (Wildman–Crippen MR) is 87.5 cm³/mol. The van der Waals surface area contributed by atoms with Crippen LogP contribution in [0.1, 0.15) is 43.3 Å². The fraction of sp³-hybridized carbons (Fsp3) is 0.600. The van der Waals surface area contributed by atoms with Gasteiger partial charge >= 0.3 is 5.00 Å². The fourth-order valence-electron chi connectivity index (χ4n) is 2.43. The summed E-state index contributed by atoms with van der Waals surface area (Å²) in [5, 5.41) is 13.6. The van der Waals surface area contributed by atoms with Gasteiger partial charge in [0.15, 0.2) is 0 Å². The van der Waals surface area contributed by atoms with Crippen molar-refractivity contribution in [1.29, 1.82) is 0 Å². The third-order valence-corrected chi connectivity index (χ3v) is 4.62. The largest absolute Gasteiger partial charge is 0.354 e. The van der Waals surface area contributed by atoms with Crippen LogP contribution in [0.15, 0.2) is 12.1 Å². The van der Waals surface area contributed by atoms with E-state index in [-0.39, 0.29) is 22.2 Å². The number of hydrogen-bond donors (Lipinski definition) is 1. The van der Waals surface area contributed by atoms with Gasteiger partial charge in [0.25, 0.3) is 5.91 Å². The van der Waals surface area contributed by atoms with Gasteiger partial charge in [0, 0.05) is 19.2 Å². The Balaban J connectivity index is 2.06. The van der Waals surface area contributed by atoms with Crippen LogP contribution in [0.3, 0.4) is 0 Å². The lowest BCUT2D eigenvalue weighted by Gasteiger charge is -2.25. The molecule has 0 unspecified atom stereocenters. The van der Waals surface area contributed by atoms with Crippen molar-refractivity contribution in [2.75, 3.05) is 13.1 Å². The summed E-state index contributed by atoms with van der Waals surface area (Å²) in [6, 6.07) is 2.28. The van der Waals surface area contributed by atoms with E-state index in [0.29, 0.717) is 24.4 Å². The quantitative estimate of drug-likeness (QED) is 0.673. The van der Waals surface area contributed by atoms with Crippen LogP contribution in [0.5, 0.6) is 0 Å². The van der Waals surface area contributed by atoms with Crippen molar-refractivity contribution in [3.8, 4) is 0 Å². The van der Waals surface area contributed by atoms with Crippen LogP contribution >= 0.6 is 11.3 Å². The van der Waals surface area contributed by atoms with E-state index >= 15 is 0 Å². The molecule has 2 amide bonds. The molecule has 2 heterocycles. The van der Waals surface area contributed by atoms with E-state index in [9.17, 15) is 19.7 Å². The number of likely N-dealkylation sites (tertiary alicyclic amines) is 1. The van der Waals surface area contributed by atoms with Gasteiger partial charge in [0.05, 0.1) is 9.80 Å². The van der Waals surface area contributed by atoms with Gasteiger partial charge in [-0.3, -0.25) is 19.7 Å². The molecule has 0 radical (unpaired) electrons. The number of thiophene rings is 1. The van der Waals surface area contributed by atoms with E-state index in [0.717, 1.165) is 17.8 Å². The maximum Gasteiger partial charge on any atom is 0.324 e. The third kappa shape index (κ3) is 4.28. The van der Waals surface area contributed by atoms with Crippen LogP contribution in [-0.2, 0) is 4.79 Å². The van der Waals surface area contributed by atoms with E-state index in [1.165, 1.54) is 17.0 Å². The molecule has 1 atom stereocenters. The molecule has 1 aromatic heterocycles. The van der Waals surface area contributed by atoms with Gasteiger partial charge in [-0.05, 0) is 24.3 Å². The molecule has 7 nitrogen and oxygen atoms in total. The normalized spacial score (nSPS) is 18.0. The molecule has 8 heteroatoms. The third-order valence-electron chi connectivity index (χ3n) is 3.59. The van der Waals surface area contributed by atoms with Crippen LogP contribution in [0.2, 0.25) is 0 Å². The molecular formula is C15H21N3O4S. The molecule has 1 N–H and O–H groups in total. The number of nitro groups is 1. The molecule has 1 aliphatic heterocycles. The average Bonchev–Trinajstić information content (AvgIpc) is 3.11. The molecule has 1 saturated heterocycles. The zero-order chi connectivity index (χ0) is 17.2. The average molecular weight is 339 g/mol. The molecule has 0 bridgehead atoms. The lowest BCUT2D eigenvalue weighted by molar-refractivity contribution is -0.380. The molecule has 0 saturated carbocycles. The Labute approximate surface area is 138 Å². The molecule has 0 aromatic carbocycles. The summed E-state index contributed by atoms with van der Waals surface area (Å²) in [5.74, 6) is -0.465. The van der Waals surface area contributed by atoms with Gasteiger partial charge < -0.3 is 10.2 Å². The lowest BCUT2D eigenvalue weighted by Crippen LogP contribution is -2.47. The minimum Gasteiger partial charge on any atom is -0.354 e. The van der Waals surface area contributed by atoms with Crippen molar-refractivity contribution in [3.63, 3.8) is 0 Å². The highest BCUT2D eigenvalue weighted by atomic mass is 32.1. The second-order valence-electron chi connectivity index (χ2n) is 6.83. The van der Waals surface area contributed by atoms with E-state index in [2.05, 4.69) is 5.32 Å². The zero-order valence-corrected chi connectivity index (χ0v) is 14.3. The number of hydrogen-bond acceptors (Lipinski definition) is 5. The van der Waals surface area contributed by atoms with Crippen molar-refractivity contribution >= 4 is 28.2 Å². The summed E-state index contributed by atoms with van der Waals surface area (Å²) in [4.78, 5) is 36.9. The topological polar surface area (TPSA) is 92.6 Å². The summed E-state index contributed by atoms with van der Waals surface area (Å²) >= 11 is 0.845. The number of carbonyl (C=O) groups excluding carboxylic acids is 2. The highest BCUT2D eigenvalue weighted by molar-refractivity contribution is 7.17. The molecule has 126 valence electrons. The summed E-state index contributed by atoms with van der Waals surface area (Å²) in [6.07, 6.45) is 1.38. The van der Waals surface area contributed by atoms with Gasteiger partial charge in [-0.2, -0.15) is 0 Å². The number of carbonyl (C=O) groups is 2. The second-order valence-corrected chi connectivity index (χ2v) is 7.89. The Morgan fingerprint density at radius 3 is 2.70 bits per heavy atom. The summed E-state index contributed by atoms with van der Waals surface area (Å²) in [5.41, 5.74) is -0.0303. The van der Waals surface area contributed by atoms with Crippen molar-refractivity contribution in [2.24, 2.45) is 5.41 Å². The van der Waals surface area contributed by atoms with Gasteiger partial charge in [0.2, 0.25) is 5.91 Å². The van der Waals surface area contributed by atoms with Crippen LogP contribution in [-0.4, -0.2) is 40.8 Å². The molecule has 1 fully saturated rings. The van der Waals surface area contributed by atoms with Gasteiger partial charge in [-0.25, -0.2) is 0 Å². The standard InChI is InChI=1S/C15H21N3O4S/c1-15(2,3)9-16-13(19)10-5-4-8-17(10)14(20)11-6-7-12(23-11)18(21)22/h6-7,10H,4-5,8-9H2,1-3H3,(H,16,19)/t10-/m1/s1. The Hall–Kier alpha value is -1.96. The smallest absolute Gasteiger partial charge is 0.324 e. The lowest BCUT2D eigenvalue weighted by atomic mass is 9.97. The fourth-order valence-corrected chi connectivity index (χ4v) is 3.21. The first-order chi connectivity index (χ1) is 10.7. The summed E-state index contributed by atoms with van der Waals surface area (Å²) in [6.45, 7) is 7.11. The molecule has 1 aliphatic rings. The van der Waals surface area contributed by atoms with Gasteiger partial charge in [-0.15, -0.1) is 0 Å². The molecule has 1 aromatic rings. The Bertz CT molecular complexity index is 620. The second kappa shape index (κ2) is 6.66. The maximum atomic E-state index is 12.5. The number of rotatable bonds is 4. The number of nitrogens with one attached hydrogen (secondary N) is 1. The summed E-state index contributed by atoms with van der Waals surface area (Å²) < 4.78 is 0. The van der Waals surface area contributed by atoms with Gasteiger partial charge in [0.1, 0.15) is 6.04 Å². The van der Waals surface area contributed by atoms with Crippen LogP contribution in [0.4, 0.5) is 5.00 Å². The van der Waals surface area contributed by atoms with E-state index < -0.39 is 11.0 Å². The molecule has 2 rings (SSSR count). The predicted octanol–water partition coefficient (Wildman–Crippen LogP) is 2.42. The number of nitrogens with zero attached hydrogens (tertiary/aromatic N) is 2. The zero-order valence-electron chi connectivity index (χ0n) is 13.5. The summed E-state index contributed by atoms with van der Waals surface area (Å²) in [7, 11) is 0. The monoisotopic (exact) mass is 339 g/mol. The molecule has 0 spiro atoms. The van der Waals surface area contributed by atoms with E-state index in [4.69, 9.17) is 0 Å². The molecule has 23 heavy (non-hydrogen) atoms. The molecular weight excluding hydrogens is 318 g/mol. The van der Waals surface area contributed by atoms with E-state index in [1.807, 2.05) is 20.8 Å². The van der Waals surface area contributed by atoms with Crippen molar-refractivity contribution in [3.05, 3.63) is 27.1 Å². The maximum absolute atomic E-state index is 12.5. The SMILES string of the molecule is CC(C)(C)CNC(=O)[C@H]1CCCN1C(=O)c1ccc([N+](=O)[O-])s1.